The van der Waals surface area contributed by atoms with Crippen molar-refractivity contribution in [3.63, 3.8) is 0 Å². The number of hydrogen-bond acceptors (Lipinski definition) is 3. The van der Waals surface area contributed by atoms with Gasteiger partial charge in [0.25, 0.3) is 0 Å². The molecule has 1 rings (SSSR count). The summed E-state index contributed by atoms with van der Waals surface area (Å²) in [6, 6.07) is 0. The molecule has 0 N–H and O–H groups in total. The highest BCUT2D eigenvalue weighted by Gasteiger charge is 2.17. The van der Waals surface area contributed by atoms with Crippen molar-refractivity contribution in [2.45, 2.75) is 20.3 Å². The molecule has 0 aliphatic heterocycles. The summed E-state index contributed by atoms with van der Waals surface area (Å²) in [5.41, 5.74) is 1.40. The minimum Gasteiger partial charge on any atom is -0.468 e. The van der Waals surface area contributed by atoms with E-state index in [1.54, 1.807) is 6.26 Å². The minimum atomic E-state index is -0.321. The number of ether oxygens (including phenoxy) is 1. The number of aryl methyl sites for hydroxylation is 2. The molecule has 1 aromatic rings. The van der Waals surface area contributed by atoms with Crippen molar-refractivity contribution in [2.75, 3.05) is 7.11 Å². The number of rotatable bonds is 2. The maximum Gasteiger partial charge on any atom is 0.341 e. The van der Waals surface area contributed by atoms with Crippen molar-refractivity contribution < 1.29 is 13.9 Å². The molecule has 3 heteroatoms. The van der Waals surface area contributed by atoms with Gasteiger partial charge in [-0.05, 0) is 6.92 Å². The Bertz CT molecular complexity index is 286. The number of carbonyl (C=O) groups is 1. The van der Waals surface area contributed by atoms with E-state index in [-0.39, 0.29) is 5.97 Å². The zero-order chi connectivity index (χ0) is 9.14. The number of methoxy groups -OCH3 is 1. The molecule has 0 bridgehead atoms. The third kappa shape index (κ3) is 1.35. The van der Waals surface area contributed by atoms with Crippen molar-refractivity contribution in [3.05, 3.63) is 23.2 Å². The van der Waals surface area contributed by atoms with E-state index in [1.165, 1.54) is 7.11 Å². The number of furan rings is 1. The van der Waals surface area contributed by atoms with Crippen LogP contribution < -0.4 is 0 Å². The fourth-order valence-electron chi connectivity index (χ4n) is 1.13. The standard InChI is InChI=1S/C9H12O3/c1-4-7-8(9(10)11-3)6(2)5-12-7/h5H,4H2,1-3H3. The lowest BCUT2D eigenvalue weighted by Crippen LogP contribution is -2.04. The van der Waals surface area contributed by atoms with Crippen LogP contribution in [-0.4, -0.2) is 13.1 Å². The second kappa shape index (κ2) is 3.43. The first-order valence-electron chi connectivity index (χ1n) is 3.86. The van der Waals surface area contributed by atoms with Gasteiger partial charge < -0.3 is 9.15 Å². The highest BCUT2D eigenvalue weighted by Crippen LogP contribution is 2.17. The first-order chi connectivity index (χ1) is 5.70. The summed E-state index contributed by atoms with van der Waals surface area (Å²) in [5.74, 6) is 0.373. The van der Waals surface area contributed by atoms with Gasteiger partial charge in [-0.3, -0.25) is 0 Å². The normalized spacial score (nSPS) is 9.92. The van der Waals surface area contributed by atoms with Crippen LogP contribution >= 0.6 is 0 Å². The fourth-order valence-corrected chi connectivity index (χ4v) is 1.13. The second-order valence-electron chi connectivity index (χ2n) is 2.56. The van der Waals surface area contributed by atoms with Gasteiger partial charge in [0.1, 0.15) is 11.3 Å². The number of esters is 1. The molecule has 0 aliphatic rings. The van der Waals surface area contributed by atoms with Gasteiger partial charge in [0.15, 0.2) is 0 Å². The van der Waals surface area contributed by atoms with Crippen LogP contribution in [0.1, 0.15) is 28.6 Å². The van der Waals surface area contributed by atoms with Crippen LogP contribution in [0, 0.1) is 6.92 Å². The molecule has 0 unspecified atom stereocenters. The van der Waals surface area contributed by atoms with E-state index in [4.69, 9.17) is 4.42 Å². The molecule has 12 heavy (non-hydrogen) atoms. The van der Waals surface area contributed by atoms with E-state index < -0.39 is 0 Å². The van der Waals surface area contributed by atoms with E-state index in [0.717, 1.165) is 5.56 Å². The van der Waals surface area contributed by atoms with Crippen molar-refractivity contribution >= 4 is 5.97 Å². The molecule has 0 saturated heterocycles. The zero-order valence-corrected chi connectivity index (χ0v) is 7.51. The van der Waals surface area contributed by atoms with Gasteiger partial charge in [-0.25, -0.2) is 4.79 Å². The lowest BCUT2D eigenvalue weighted by atomic mass is 10.1. The Hall–Kier alpha value is -1.25. The predicted octanol–water partition coefficient (Wildman–Crippen LogP) is 1.94. The summed E-state index contributed by atoms with van der Waals surface area (Å²) < 4.78 is 9.79. The summed E-state index contributed by atoms with van der Waals surface area (Å²) in [4.78, 5) is 11.2. The fraction of sp³-hybridized carbons (Fsp3) is 0.444. The van der Waals surface area contributed by atoms with Gasteiger partial charge in [0, 0.05) is 12.0 Å². The van der Waals surface area contributed by atoms with Gasteiger partial charge in [-0.2, -0.15) is 0 Å². The maximum atomic E-state index is 11.2. The Balaban J connectivity index is 3.10. The maximum absolute atomic E-state index is 11.2. The minimum absolute atomic E-state index is 0.321. The smallest absolute Gasteiger partial charge is 0.341 e. The first-order valence-corrected chi connectivity index (χ1v) is 3.86. The average molecular weight is 168 g/mol. The molecular formula is C9H12O3. The van der Waals surface area contributed by atoms with Crippen LogP contribution in [0.15, 0.2) is 10.7 Å². The SMILES string of the molecule is CCc1occ(C)c1C(=O)OC. The van der Waals surface area contributed by atoms with Crippen molar-refractivity contribution in [1.29, 1.82) is 0 Å². The first kappa shape index (κ1) is 8.84. The van der Waals surface area contributed by atoms with Crippen LogP contribution in [0.5, 0.6) is 0 Å². The van der Waals surface area contributed by atoms with Crippen LogP contribution in [0.4, 0.5) is 0 Å². The second-order valence-corrected chi connectivity index (χ2v) is 2.56. The molecule has 0 aliphatic carbocycles. The van der Waals surface area contributed by atoms with E-state index in [9.17, 15) is 4.79 Å². The lowest BCUT2D eigenvalue weighted by Gasteiger charge is -1.98. The molecule has 0 aromatic carbocycles. The monoisotopic (exact) mass is 168 g/mol. The van der Waals surface area contributed by atoms with Crippen LogP contribution in [-0.2, 0) is 11.2 Å². The van der Waals surface area contributed by atoms with Gasteiger partial charge in [-0.1, -0.05) is 6.92 Å². The lowest BCUT2D eigenvalue weighted by molar-refractivity contribution is 0.0597. The molecule has 1 aromatic heterocycles. The van der Waals surface area contributed by atoms with Gasteiger partial charge in [-0.15, -0.1) is 0 Å². The Labute approximate surface area is 71.3 Å². The predicted molar refractivity (Wildman–Crippen MR) is 44.2 cm³/mol. The molecule has 0 saturated carbocycles. The Morgan fingerprint density at radius 2 is 2.33 bits per heavy atom. The van der Waals surface area contributed by atoms with Gasteiger partial charge >= 0.3 is 5.97 Å². The Morgan fingerprint density at radius 3 is 2.83 bits per heavy atom. The highest BCUT2D eigenvalue weighted by molar-refractivity contribution is 5.91. The van der Waals surface area contributed by atoms with Crippen LogP contribution in [0.25, 0.3) is 0 Å². The van der Waals surface area contributed by atoms with E-state index in [1.807, 2.05) is 13.8 Å². The Kier molecular flexibility index (Phi) is 2.53. The molecule has 0 amide bonds. The summed E-state index contributed by atoms with van der Waals surface area (Å²) in [6.45, 7) is 3.76. The van der Waals surface area contributed by atoms with Crippen molar-refractivity contribution in [3.8, 4) is 0 Å². The van der Waals surface area contributed by atoms with E-state index >= 15 is 0 Å². The summed E-state index contributed by atoms with van der Waals surface area (Å²) in [6.07, 6.45) is 2.28. The molecule has 0 fully saturated rings. The Morgan fingerprint density at radius 1 is 1.67 bits per heavy atom. The van der Waals surface area contributed by atoms with Gasteiger partial charge in [0.2, 0.25) is 0 Å². The van der Waals surface area contributed by atoms with Gasteiger partial charge in [0.05, 0.1) is 13.4 Å². The van der Waals surface area contributed by atoms with Crippen molar-refractivity contribution in [1.82, 2.24) is 0 Å². The average Bonchev–Trinajstić information content (AvgIpc) is 2.45. The van der Waals surface area contributed by atoms with E-state index in [0.29, 0.717) is 17.7 Å². The van der Waals surface area contributed by atoms with Crippen molar-refractivity contribution in [2.24, 2.45) is 0 Å². The molecule has 66 valence electrons. The quantitative estimate of drug-likeness (QED) is 0.633. The summed E-state index contributed by atoms with van der Waals surface area (Å²) in [7, 11) is 1.37. The highest BCUT2D eigenvalue weighted by atomic mass is 16.5. The number of hydrogen-bond donors (Lipinski definition) is 0. The number of carbonyl (C=O) groups excluding carboxylic acids is 1. The summed E-state index contributed by atoms with van der Waals surface area (Å²) in [5, 5.41) is 0. The molecule has 0 radical (unpaired) electrons. The molecule has 0 spiro atoms. The molecule has 3 nitrogen and oxygen atoms in total. The third-order valence-corrected chi connectivity index (χ3v) is 1.76. The third-order valence-electron chi connectivity index (χ3n) is 1.76. The molecule has 1 heterocycles. The topological polar surface area (TPSA) is 39.4 Å². The van der Waals surface area contributed by atoms with Crippen LogP contribution in [0.3, 0.4) is 0 Å². The molecule has 0 atom stereocenters. The largest absolute Gasteiger partial charge is 0.468 e. The molecular weight excluding hydrogens is 156 g/mol. The van der Waals surface area contributed by atoms with E-state index in [2.05, 4.69) is 4.74 Å². The zero-order valence-electron chi connectivity index (χ0n) is 7.51. The summed E-state index contributed by atoms with van der Waals surface area (Å²) >= 11 is 0. The van der Waals surface area contributed by atoms with Crippen LogP contribution in [0.2, 0.25) is 0 Å².